The smallest absolute Gasteiger partial charge is 0.407 e. The minimum Gasteiger partial charge on any atom is -0.444 e. The van der Waals surface area contributed by atoms with Crippen molar-refractivity contribution in [2.45, 2.75) is 57.6 Å². The summed E-state index contributed by atoms with van der Waals surface area (Å²) in [6.07, 6.45) is 1.76. The molecule has 0 fully saturated rings. The largest absolute Gasteiger partial charge is 0.444 e. The number of ether oxygens (including phenoxy) is 1. The number of carbonyl (C=O) groups excluding carboxylic acids is 1. The second-order valence-corrected chi connectivity index (χ2v) is 6.11. The zero-order valence-electron chi connectivity index (χ0n) is 11.7. The summed E-state index contributed by atoms with van der Waals surface area (Å²) in [5, 5.41) is 2.25. The monoisotopic (exact) mass is 290 g/mol. The Kier molecular flexibility index (Phi) is 5.35. The van der Waals surface area contributed by atoms with Gasteiger partial charge < -0.3 is 10.1 Å². The molecule has 6 heteroatoms. The fraction of sp³-hybridized carbons (Fsp3) is 0.692. The second-order valence-electron chi connectivity index (χ2n) is 5.58. The summed E-state index contributed by atoms with van der Waals surface area (Å²) in [5.74, 6) is -0.552. The molecule has 1 amide bonds. The number of nitrogens with one attached hydrogen (secondary N) is 1. The van der Waals surface area contributed by atoms with E-state index >= 15 is 0 Å². The minimum absolute atomic E-state index is 0.273. The molecule has 19 heavy (non-hydrogen) atoms. The minimum atomic E-state index is -0.557. The molecule has 0 aromatic rings. The van der Waals surface area contributed by atoms with Gasteiger partial charge in [-0.1, -0.05) is 0 Å². The van der Waals surface area contributed by atoms with Gasteiger partial charge in [0.15, 0.2) is 0 Å². The van der Waals surface area contributed by atoms with E-state index in [2.05, 4.69) is 10.3 Å². The van der Waals surface area contributed by atoms with E-state index in [4.69, 9.17) is 16.3 Å². The summed E-state index contributed by atoms with van der Waals surface area (Å²) >= 11 is 6.03. The van der Waals surface area contributed by atoms with Gasteiger partial charge in [0.25, 0.3) is 0 Å². The van der Waals surface area contributed by atoms with Crippen molar-refractivity contribution in [1.82, 2.24) is 5.32 Å². The molecule has 108 valence electrons. The molecular formula is C13H20ClFN2O2. The maximum Gasteiger partial charge on any atom is 0.407 e. The van der Waals surface area contributed by atoms with Gasteiger partial charge in [0.05, 0.1) is 5.38 Å². The van der Waals surface area contributed by atoms with Crippen LogP contribution in [0.4, 0.5) is 9.18 Å². The highest BCUT2D eigenvalue weighted by molar-refractivity contribution is 6.23. The summed E-state index contributed by atoms with van der Waals surface area (Å²) in [7, 11) is 0. The maximum absolute atomic E-state index is 13.5. The lowest BCUT2D eigenvalue weighted by atomic mass is 10.0. The van der Waals surface area contributed by atoms with Gasteiger partial charge in [-0.15, -0.1) is 11.6 Å². The van der Waals surface area contributed by atoms with Crippen molar-refractivity contribution in [3.05, 3.63) is 11.5 Å². The van der Waals surface area contributed by atoms with Gasteiger partial charge in [0.2, 0.25) is 5.95 Å². The van der Waals surface area contributed by atoms with Crippen LogP contribution in [-0.4, -0.2) is 29.3 Å². The van der Waals surface area contributed by atoms with Crippen LogP contribution in [0.5, 0.6) is 0 Å². The summed E-state index contributed by atoms with van der Waals surface area (Å²) in [5.41, 5.74) is -0.133. The van der Waals surface area contributed by atoms with Crippen LogP contribution in [0.1, 0.15) is 40.5 Å². The Morgan fingerprint density at radius 1 is 1.68 bits per heavy atom. The quantitative estimate of drug-likeness (QED) is 0.638. The van der Waals surface area contributed by atoms with Crippen molar-refractivity contribution in [2.75, 3.05) is 0 Å². The zero-order chi connectivity index (χ0) is 14.6. The van der Waals surface area contributed by atoms with E-state index in [1.54, 1.807) is 27.7 Å². The highest BCUT2D eigenvalue weighted by atomic mass is 35.5. The zero-order valence-corrected chi connectivity index (χ0v) is 12.4. The number of carbonyl (C=O) groups is 1. The van der Waals surface area contributed by atoms with Gasteiger partial charge in [-0.3, -0.25) is 0 Å². The van der Waals surface area contributed by atoms with Gasteiger partial charge in [0, 0.05) is 24.3 Å². The molecule has 0 aliphatic carbocycles. The lowest BCUT2D eigenvalue weighted by molar-refractivity contribution is 0.0508. The van der Waals surface area contributed by atoms with Crippen LogP contribution in [-0.2, 0) is 4.74 Å². The van der Waals surface area contributed by atoms with E-state index in [0.29, 0.717) is 18.4 Å². The Labute approximate surface area is 118 Å². The molecule has 4 nitrogen and oxygen atoms in total. The topological polar surface area (TPSA) is 50.7 Å². The van der Waals surface area contributed by atoms with E-state index < -0.39 is 23.0 Å². The third-order valence-corrected chi connectivity index (χ3v) is 2.89. The first-order chi connectivity index (χ1) is 8.69. The highest BCUT2D eigenvalue weighted by Crippen LogP contribution is 2.26. The molecule has 0 spiro atoms. The van der Waals surface area contributed by atoms with Crippen LogP contribution < -0.4 is 5.32 Å². The predicted molar refractivity (Wildman–Crippen MR) is 74.3 cm³/mol. The molecular weight excluding hydrogens is 271 g/mol. The second kappa shape index (κ2) is 6.37. The number of halogens is 2. The Morgan fingerprint density at radius 3 is 2.84 bits per heavy atom. The van der Waals surface area contributed by atoms with Crippen molar-refractivity contribution in [2.24, 2.45) is 4.99 Å². The molecule has 1 heterocycles. The lowest BCUT2D eigenvalue weighted by Crippen LogP contribution is -2.38. The Morgan fingerprint density at radius 2 is 2.32 bits per heavy atom. The maximum atomic E-state index is 13.5. The molecule has 0 bridgehead atoms. The van der Waals surface area contributed by atoms with Crippen molar-refractivity contribution in [1.29, 1.82) is 0 Å². The van der Waals surface area contributed by atoms with Crippen LogP contribution in [0.2, 0.25) is 0 Å². The Bertz CT molecular complexity index is 402. The average Bonchev–Trinajstić information content (AvgIpc) is 2.20. The van der Waals surface area contributed by atoms with Gasteiger partial charge in [0.1, 0.15) is 5.60 Å². The van der Waals surface area contributed by atoms with Crippen molar-refractivity contribution >= 4 is 23.9 Å². The molecule has 1 rings (SSSR count). The molecule has 1 aliphatic heterocycles. The van der Waals surface area contributed by atoms with Crippen molar-refractivity contribution in [3.63, 3.8) is 0 Å². The summed E-state index contributed by atoms with van der Waals surface area (Å²) < 4.78 is 18.6. The summed E-state index contributed by atoms with van der Waals surface area (Å²) in [6.45, 7) is 7.12. The molecule has 0 saturated heterocycles. The van der Waals surface area contributed by atoms with Crippen molar-refractivity contribution in [3.8, 4) is 0 Å². The van der Waals surface area contributed by atoms with E-state index in [1.165, 1.54) is 6.21 Å². The van der Waals surface area contributed by atoms with Crippen molar-refractivity contribution < 1.29 is 13.9 Å². The number of nitrogens with zero attached hydrogens (tertiary/aromatic N) is 1. The first-order valence-electron chi connectivity index (χ1n) is 6.23. The van der Waals surface area contributed by atoms with E-state index in [9.17, 15) is 9.18 Å². The van der Waals surface area contributed by atoms with Crippen LogP contribution in [0.3, 0.4) is 0 Å². The number of hydrogen-bond acceptors (Lipinski definition) is 3. The van der Waals surface area contributed by atoms with Crippen LogP contribution in [0, 0.1) is 0 Å². The molecule has 1 aliphatic rings. The third-order valence-electron chi connectivity index (χ3n) is 2.45. The lowest BCUT2D eigenvalue weighted by Gasteiger charge is -2.23. The molecule has 0 saturated carbocycles. The Balaban J connectivity index is 2.54. The Hall–Kier alpha value is -1.10. The standard InChI is InChI=1S/C13H20ClFN2O2/c1-8(17-12(18)19-13(2,3)4)7-9-10(14)5-6-16-11(9)15/h6,8,10H,5,7H2,1-4H3,(H,17,18)/t8-,10?/m1/s1. The van der Waals surface area contributed by atoms with Crippen LogP contribution in [0.25, 0.3) is 0 Å². The van der Waals surface area contributed by atoms with E-state index in [1.807, 2.05) is 0 Å². The van der Waals surface area contributed by atoms with Crippen LogP contribution in [0.15, 0.2) is 16.5 Å². The van der Waals surface area contributed by atoms with Gasteiger partial charge in [-0.2, -0.15) is 4.39 Å². The number of rotatable bonds is 3. The number of aliphatic imine (C=N–C) groups is 1. The average molecular weight is 291 g/mol. The molecule has 1 unspecified atom stereocenters. The molecule has 0 aromatic heterocycles. The van der Waals surface area contributed by atoms with Gasteiger partial charge in [-0.25, -0.2) is 9.79 Å². The highest BCUT2D eigenvalue weighted by Gasteiger charge is 2.23. The van der Waals surface area contributed by atoms with Crippen LogP contribution >= 0.6 is 11.6 Å². The summed E-state index contributed by atoms with van der Waals surface area (Å²) in [4.78, 5) is 15.2. The number of alkyl halides is 1. The first-order valence-corrected chi connectivity index (χ1v) is 6.67. The molecule has 0 aromatic carbocycles. The molecule has 2 atom stereocenters. The number of alkyl carbamates (subject to hydrolysis) is 1. The van der Waals surface area contributed by atoms with Gasteiger partial charge >= 0.3 is 6.09 Å². The predicted octanol–water partition coefficient (Wildman–Crippen LogP) is 3.55. The van der Waals surface area contributed by atoms with E-state index in [-0.39, 0.29) is 6.04 Å². The SMILES string of the molecule is C[C@H](CC1=C(F)N=CCC1Cl)NC(=O)OC(C)(C)C. The van der Waals surface area contributed by atoms with E-state index in [0.717, 1.165) is 0 Å². The molecule has 1 N–H and O–H groups in total. The third kappa shape index (κ3) is 5.59. The first kappa shape index (κ1) is 16.0. The normalized spacial score (nSPS) is 21.3. The number of amides is 1. The van der Waals surface area contributed by atoms with Gasteiger partial charge in [-0.05, 0) is 34.1 Å². The molecule has 0 radical (unpaired) electrons. The fourth-order valence-electron chi connectivity index (χ4n) is 1.68. The fourth-order valence-corrected chi connectivity index (χ4v) is 1.94. The summed E-state index contributed by atoms with van der Waals surface area (Å²) in [6, 6.07) is -0.273. The number of hydrogen-bond donors (Lipinski definition) is 1.